The summed E-state index contributed by atoms with van der Waals surface area (Å²) in [5, 5.41) is 4.91. The molecule has 2 nitrogen and oxygen atoms in total. The van der Waals surface area contributed by atoms with E-state index >= 15 is 0 Å². The molecule has 0 bridgehead atoms. The lowest BCUT2D eigenvalue weighted by Gasteiger charge is -2.28. The zero-order valence-corrected chi connectivity index (χ0v) is 11.7. The van der Waals surface area contributed by atoms with Crippen molar-refractivity contribution in [2.24, 2.45) is 5.41 Å². The monoisotopic (exact) mass is 254 g/mol. The Balaban J connectivity index is 1.82. The second-order valence-corrected chi connectivity index (χ2v) is 5.79. The van der Waals surface area contributed by atoms with Crippen LogP contribution in [0.1, 0.15) is 39.0 Å². The molecular weight excluding hydrogens is 232 g/mol. The first-order valence-corrected chi connectivity index (χ1v) is 7.41. The summed E-state index contributed by atoms with van der Waals surface area (Å²) in [6.07, 6.45) is 8.72. The fraction of sp³-hybridized carbons (Fsp3) is 0.471. The molecule has 100 valence electrons. The molecule has 1 fully saturated rings. The maximum atomic E-state index is 4.42. The van der Waals surface area contributed by atoms with Gasteiger partial charge >= 0.3 is 0 Å². The molecule has 1 aliphatic carbocycles. The molecule has 1 saturated carbocycles. The molecule has 3 rings (SSSR count). The molecule has 0 saturated heterocycles. The fourth-order valence-electron chi connectivity index (χ4n) is 3.31. The van der Waals surface area contributed by atoms with E-state index in [9.17, 15) is 0 Å². The lowest BCUT2D eigenvalue weighted by Crippen LogP contribution is -2.25. The van der Waals surface area contributed by atoms with E-state index < -0.39 is 0 Å². The lowest BCUT2D eigenvalue weighted by molar-refractivity contribution is 0.307. The van der Waals surface area contributed by atoms with Gasteiger partial charge < -0.3 is 5.32 Å². The first-order valence-electron chi connectivity index (χ1n) is 7.41. The van der Waals surface area contributed by atoms with Crippen LogP contribution >= 0.6 is 0 Å². The highest BCUT2D eigenvalue weighted by Gasteiger charge is 2.31. The van der Waals surface area contributed by atoms with E-state index in [1.807, 2.05) is 12.3 Å². The molecule has 0 amide bonds. The van der Waals surface area contributed by atoms with Crippen molar-refractivity contribution in [3.63, 3.8) is 0 Å². The molecule has 2 heteroatoms. The second-order valence-electron chi connectivity index (χ2n) is 5.79. The van der Waals surface area contributed by atoms with Gasteiger partial charge in [0.25, 0.3) is 0 Å². The van der Waals surface area contributed by atoms with Gasteiger partial charge in [-0.2, -0.15) is 0 Å². The van der Waals surface area contributed by atoms with Crippen molar-refractivity contribution < 1.29 is 0 Å². The number of aromatic nitrogens is 1. The predicted octanol–water partition coefficient (Wildman–Crippen LogP) is 4.62. The Hall–Kier alpha value is -1.57. The maximum absolute atomic E-state index is 4.42. The van der Waals surface area contributed by atoms with Crippen molar-refractivity contribution in [1.29, 1.82) is 0 Å². The molecule has 1 N–H and O–H groups in total. The van der Waals surface area contributed by atoms with Crippen LogP contribution in [0.3, 0.4) is 0 Å². The molecule has 0 unspecified atom stereocenters. The Bertz CT molecular complexity index is 551. The Morgan fingerprint density at radius 2 is 1.95 bits per heavy atom. The van der Waals surface area contributed by atoms with Gasteiger partial charge in [-0.05, 0) is 36.8 Å². The summed E-state index contributed by atoms with van der Waals surface area (Å²) in [6, 6.07) is 10.5. The van der Waals surface area contributed by atoms with E-state index in [0.29, 0.717) is 5.41 Å². The van der Waals surface area contributed by atoms with Crippen LogP contribution in [0, 0.1) is 5.41 Å². The van der Waals surface area contributed by atoms with E-state index in [4.69, 9.17) is 0 Å². The van der Waals surface area contributed by atoms with Crippen LogP contribution in [0.4, 0.5) is 5.69 Å². The Morgan fingerprint density at radius 3 is 2.74 bits per heavy atom. The highest BCUT2D eigenvalue weighted by molar-refractivity contribution is 5.90. The smallest absolute Gasteiger partial charge is 0.0722 e. The Labute approximate surface area is 115 Å². The van der Waals surface area contributed by atoms with E-state index in [1.54, 1.807) is 0 Å². The minimum absolute atomic E-state index is 0.518. The van der Waals surface area contributed by atoms with Gasteiger partial charge in [-0.1, -0.05) is 38.0 Å². The van der Waals surface area contributed by atoms with Crippen LogP contribution in [0.15, 0.2) is 36.5 Å². The predicted molar refractivity (Wildman–Crippen MR) is 81.4 cm³/mol. The van der Waals surface area contributed by atoms with Gasteiger partial charge in [0.1, 0.15) is 0 Å². The van der Waals surface area contributed by atoms with Crippen LogP contribution in [0.2, 0.25) is 0 Å². The largest absolute Gasteiger partial charge is 0.384 e. The van der Waals surface area contributed by atoms with Gasteiger partial charge in [-0.25, -0.2) is 0 Å². The summed E-state index contributed by atoms with van der Waals surface area (Å²) >= 11 is 0. The third kappa shape index (κ3) is 2.44. The molecule has 0 spiro atoms. The van der Waals surface area contributed by atoms with Crippen LogP contribution < -0.4 is 5.32 Å². The molecule has 1 aromatic carbocycles. The SMILES string of the molecule is CCC1(CNc2ccnc3ccccc23)CCCC1. The molecule has 1 aromatic heterocycles. The highest BCUT2D eigenvalue weighted by atomic mass is 14.9. The molecule has 1 heterocycles. The van der Waals surface area contributed by atoms with Crippen LogP contribution in [-0.2, 0) is 0 Å². The van der Waals surface area contributed by atoms with Crippen molar-refractivity contribution in [2.75, 3.05) is 11.9 Å². The summed E-state index contributed by atoms with van der Waals surface area (Å²) in [7, 11) is 0. The van der Waals surface area contributed by atoms with Crippen molar-refractivity contribution in [3.8, 4) is 0 Å². The fourth-order valence-corrected chi connectivity index (χ4v) is 3.31. The molecular formula is C17H22N2. The average molecular weight is 254 g/mol. The standard InChI is InChI=1S/C17H22N2/c1-2-17(10-5-6-11-17)13-19-16-9-12-18-15-8-4-3-7-14(15)16/h3-4,7-9,12H,2,5-6,10-11,13H2,1H3,(H,18,19). The summed E-state index contributed by atoms with van der Waals surface area (Å²) < 4.78 is 0. The van der Waals surface area contributed by atoms with E-state index in [0.717, 1.165) is 12.1 Å². The minimum Gasteiger partial charge on any atom is -0.384 e. The molecule has 19 heavy (non-hydrogen) atoms. The molecule has 1 aliphatic rings. The van der Waals surface area contributed by atoms with Crippen molar-refractivity contribution in [1.82, 2.24) is 4.98 Å². The highest BCUT2D eigenvalue weighted by Crippen LogP contribution is 2.41. The van der Waals surface area contributed by atoms with Crippen molar-refractivity contribution >= 4 is 16.6 Å². The van der Waals surface area contributed by atoms with Gasteiger partial charge in [0.15, 0.2) is 0 Å². The molecule has 0 atom stereocenters. The minimum atomic E-state index is 0.518. The first kappa shape index (κ1) is 12.5. The molecule has 2 aromatic rings. The Kier molecular flexibility index (Phi) is 3.41. The topological polar surface area (TPSA) is 24.9 Å². The summed E-state index contributed by atoms with van der Waals surface area (Å²) in [6.45, 7) is 3.43. The van der Waals surface area contributed by atoms with E-state index in [2.05, 4.69) is 41.5 Å². The van der Waals surface area contributed by atoms with Crippen LogP contribution in [0.5, 0.6) is 0 Å². The number of pyridine rings is 1. The van der Waals surface area contributed by atoms with Crippen molar-refractivity contribution in [2.45, 2.75) is 39.0 Å². The first-order chi connectivity index (χ1) is 9.33. The normalized spacial score (nSPS) is 17.7. The lowest BCUT2D eigenvalue weighted by atomic mass is 9.83. The zero-order chi connectivity index (χ0) is 13.1. The number of fused-ring (bicyclic) bond motifs is 1. The quantitative estimate of drug-likeness (QED) is 0.861. The number of hydrogen-bond acceptors (Lipinski definition) is 2. The van der Waals surface area contributed by atoms with Gasteiger partial charge in [0.2, 0.25) is 0 Å². The molecule has 0 aliphatic heterocycles. The number of nitrogens with zero attached hydrogens (tertiary/aromatic N) is 1. The number of rotatable bonds is 4. The summed E-state index contributed by atoms with van der Waals surface area (Å²) in [5.41, 5.74) is 2.82. The number of hydrogen-bond donors (Lipinski definition) is 1. The van der Waals surface area contributed by atoms with Crippen LogP contribution in [0.25, 0.3) is 10.9 Å². The number of para-hydroxylation sites is 1. The Morgan fingerprint density at radius 1 is 1.16 bits per heavy atom. The summed E-state index contributed by atoms with van der Waals surface area (Å²) in [5.74, 6) is 0. The maximum Gasteiger partial charge on any atom is 0.0722 e. The third-order valence-corrected chi connectivity index (χ3v) is 4.72. The van der Waals surface area contributed by atoms with Crippen molar-refractivity contribution in [3.05, 3.63) is 36.5 Å². The third-order valence-electron chi connectivity index (χ3n) is 4.72. The average Bonchev–Trinajstić information content (AvgIpc) is 2.94. The number of anilines is 1. The van der Waals surface area contributed by atoms with E-state index in [-0.39, 0.29) is 0 Å². The van der Waals surface area contributed by atoms with E-state index in [1.165, 1.54) is 43.2 Å². The molecule has 0 radical (unpaired) electrons. The number of nitrogens with one attached hydrogen (secondary N) is 1. The summed E-state index contributed by atoms with van der Waals surface area (Å²) in [4.78, 5) is 4.42. The zero-order valence-electron chi connectivity index (χ0n) is 11.7. The number of benzene rings is 1. The second kappa shape index (κ2) is 5.20. The van der Waals surface area contributed by atoms with Gasteiger partial charge in [0, 0.05) is 23.8 Å². The van der Waals surface area contributed by atoms with Gasteiger partial charge in [-0.15, -0.1) is 0 Å². The van der Waals surface area contributed by atoms with Gasteiger partial charge in [0.05, 0.1) is 5.52 Å². The van der Waals surface area contributed by atoms with Crippen LogP contribution in [-0.4, -0.2) is 11.5 Å². The van der Waals surface area contributed by atoms with Gasteiger partial charge in [-0.3, -0.25) is 4.98 Å².